The lowest BCUT2D eigenvalue weighted by molar-refractivity contribution is -0.671. The van der Waals surface area contributed by atoms with Crippen LogP contribution >= 0.6 is 11.8 Å². The average molecular weight is 249 g/mol. The molecule has 0 saturated carbocycles. The standard InChI is InChI=1S/C14H21N2S/c1-15-10-6-13(7-11-15)12-14(17-2)16-8-4-3-5-9-16/h6-7,10-12H,3-5,8-9H2,1-2H3/q+1. The molecule has 0 spiro atoms. The summed E-state index contributed by atoms with van der Waals surface area (Å²) in [6, 6.07) is 4.33. The Balaban J connectivity index is 2.13. The molecule has 0 aliphatic carbocycles. The van der Waals surface area contributed by atoms with Crippen LogP contribution in [0.25, 0.3) is 6.08 Å². The van der Waals surface area contributed by atoms with E-state index in [9.17, 15) is 0 Å². The van der Waals surface area contributed by atoms with Gasteiger partial charge in [-0.2, -0.15) is 0 Å². The van der Waals surface area contributed by atoms with Crippen LogP contribution in [0.15, 0.2) is 29.6 Å². The van der Waals surface area contributed by atoms with Gasteiger partial charge in [0.25, 0.3) is 0 Å². The summed E-state index contributed by atoms with van der Waals surface area (Å²) in [7, 11) is 2.05. The van der Waals surface area contributed by atoms with Crippen molar-refractivity contribution in [1.82, 2.24) is 4.90 Å². The highest BCUT2D eigenvalue weighted by molar-refractivity contribution is 8.02. The summed E-state index contributed by atoms with van der Waals surface area (Å²) in [6.07, 6.45) is 12.7. The smallest absolute Gasteiger partial charge is 0.169 e. The molecular formula is C14H21N2S+. The van der Waals surface area contributed by atoms with E-state index in [-0.39, 0.29) is 0 Å². The van der Waals surface area contributed by atoms with Gasteiger partial charge in [0.1, 0.15) is 7.05 Å². The fraction of sp³-hybridized carbons (Fsp3) is 0.500. The number of hydrogen-bond acceptors (Lipinski definition) is 2. The van der Waals surface area contributed by atoms with Crippen LogP contribution < -0.4 is 4.57 Å². The largest absolute Gasteiger partial charge is 0.366 e. The van der Waals surface area contributed by atoms with E-state index < -0.39 is 0 Å². The highest BCUT2D eigenvalue weighted by Crippen LogP contribution is 2.24. The number of aromatic nitrogens is 1. The highest BCUT2D eigenvalue weighted by atomic mass is 32.2. The van der Waals surface area contributed by atoms with E-state index in [0.717, 1.165) is 0 Å². The van der Waals surface area contributed by atoms with Crippen LogP contribution in [-0.2, 0) is 7.05 Å². The first-order chi connectivity index (χ1) is 8.29. The fourth-order valence-corrected chi connectivity index (χ4v) is 2.84. The third-order valence-electron chi connectivity index (χ3n) is 3.17. The van der Waals surface area contributed by atoms with Crippen molar-refractivity contribution in [3.63, 3.8) is 0 Å². The maximum absolute atomic E-state index is 2.52. The van der Waals surface area contributed by atoms with Crippen LogP contribution in [0.1, 0.15) is 24.8 Å². The van der Waals surface area contributed by atoms with Crippen LogP contribution in [-0.4, -0.2) is 24.2 Å². The van der Waals surface area contributed by atoms with Gasteiger partial charge in [0.15, 0.2) is 12.4 Å². The second-order valence-corrected chi connectivity index (χ2v) is 5.36. The second-order valence-electron chi connectivity index (χ2n) is 4.53. The van der Waals surface area contributed by atoms with Gasteiger partial charge in [-0.1, -0.05) is 0 Å². The van der Waals surface area contributed by atoms with Crippen molar-refractivity contribution >= 4 is 17.8 Å². The maximum Gasteiger partial charge on any atom is 0.169 e. The molecule has 1 aliphatic rings. The lowest BCUT2D eigenvalue weighted by atomic mass is 10.1. The predicted octanol–water partition coefficient (Wildman–Crippen LogP) is 2.66. The molecule has 0 unspecified atom stereocenters. The Bertz CT molecular complexity index is 378. The second kappa shape index (κ2) is 6.10. The van der Waals surface area contributed by atoms with Gasteiger partial charge in [-0.15, -0.1) is 11.8 Å². The molecule has 1 aromatic rings. The van der Waals surface area contributed by atoms with Crippen LogP contribution in [0.5, 0.6) is 0 Å². The first-order valence-corrected chi connectivity index (χ1v) is 7.48. The number of rotatable bonds is 3. The fourth-order valence-electron chi connectivity index (χ4n) is 2.14. The first-order valence-electron chi connectivity index (χ1n) is 6.25. The molecule has 92 valence electrons. The minimum Gasteiger partial charge on any atom is -0.366 e. The van der Waals surface area contributed by atoms with Crippen molar-refractivity contribution in [1.29, 1.82) is 0 Å². The zero-order valence-corrected chi connectivity index (χ0v) is 11.5. The molecule has 3 heteroatoms. The lowest BCUT2D eigenvalue weighted by Crippen LogP contribution is -2.28. The molecule has 1 fully saturated rings. The highest BCUT2D eigenvalue weighted by Gasteiger charge is 2.12. The SMILES string of the molecule is CS/C(=C\c1cc[n+](C)cc1)N1CCCCC1. The van der Waals surface area contributed by atoms with Gasteiger partial charge in [-0.05, 0) is 37.2 Å². The third kappa shape index (κ3) is 3.50. The molecule has 0 bridgehead atoms. The van der Waals surface area contributed by atoms with Crippen molar-refractivity contribution in [2.24, 2.45) is 7.05 Å². The third-order valence-corrected chi connectivity index (χ3v) is 3.97. The Morgan fingerprint density at radius 1 is 1.24 bits per heavy atom. The summed E-state index contributed by atoms with van der Waals surface area (Å²) < 4.78 is 2.07. The van der Waals surface area contributed by atoms with Crippen molar-refractivity contribution in [2.75, 3.05) is 19.3 Å². The molecule has 2 nitrogen and oxygen atoms in total. The average Bonchev–Trinajstić information content (AvgIpc) is 2.39. The molecule has 0 amide bonds. The van der Waals surface area contributed by atoms with Gasteiger partial charge in [0.2, 0.25) is 0 Å². The Morgan fingerprint density at radius 2 is 1.88 bits per heavy atom. The van der Waals surface area contributed by atoms with Gasteiger partial charge in [0, 0.05) is 25.2 Å². The van der Waals surface area contributed by atoms with Crippen LogP contribution in [0.4, 0.5) is 0 Å². The Hall–Kier alpha value is -0.960. The van der Waals surface area contributed by atoms with Crippen molar-refractivity contribution < 1.29 is 4.57 Å². The zero-order chi connectivity index (χ0) is 12.1. The molecule has 0 radical (unpaired) electrons. The van der Waals surface area contributed by atoms with Crippen LogP contribution in [0.2, 0.25) is 0 Å². The van der Waals surface area contributed by atoms with E-state index in [1.165, 1.54) is 42.9 Å². The number of pyridine rings is 1. The Labute approximate surface area is 108 Å². The molecule has 0 N–H and O–H groups in total. The molecule has 17 heavy (non-hydrogen) atoms. The summed E-state index contributed by atoms with van der Waals surface area (Å²) in [4.78, 5) is 2.52. The van der Waals surface area contributed by atoms with Crippen molar-refractivity contribution in [3.05, 3.63) is 35.1 Å². The minimum absolute atomic E-state index is 1.22. The van der Waals surface area contributed by atoms with Gasteiger partial charge in [-0.3, -0.25) is 0 Å². The summed E-state index contributed by atoms with van der Waals surface area (Å²) >= 11 is 1.86. The van der Waals surface area contributed by atoms with Gasteiger partial charge in [0.05, 0.1) is 5.03 Å². The molecule has 1 aliphatic heterocycles. The monoisotopic (exact) mass is 249 g/mol. The normalized spacial score (nSPS) is 17.3. The minimum atomic E-state index is 1.22. The number of aryl methyl sites for hydroxylation is 1. The summed E-state index contributed by atoms with van der Waals surface area (Å²) in [5.41, 5.74) is 1.29. The van der Waals surface area contributed by atoms with Crippen molar-refractivity contribution in [2.45, 2.75) is 19.3 Å². The maximum atomic E-state index is 2.52. The number of likely N-dealkylation sites (tertiary alicyclic amines) is 1. The zero-order valence-electron chi connectivity index (χ0n) is 10.7. The van der Waals surface area contributed by atoms with Crippen LogP contribution in [0, 0.1) is 0 Å². The molecule has 0 aromatic carbocycles. The molecule has 2 heterocycles. The lowest BCUT2D eigenvalue weighted by Gasteiger charge is -2.30. The number of nitrogens with zero attached hydrogens (tertiary/aromatic N) is 2. The van der Waals surface area contributed by atoms with E-state index >= 15 is 0 Å². The first kappa shape index (κ1) is 12.5. The van der Waals surface area contributed by atoms with E-state index in [2.05, 4.69) is 46.3 Å². The van der Waals surface area contributed by atoms with Gasteiger partial charge < -0.3 is 4.90 Å². The summed E-state index contributed by atoms with van der Waals surface area (Å²) in [5, 5.41) is 1.40. The van der Waals surface area contributed by atoms with E-state index in [1.807, 2.05) is 18.8 Å². The number of thioether (sulfide) groups is 1. The van der Waals surface area contributed by atoms with E-state index in [1.54, 1.807) is 0 Å². The van der Waals surface area contributed by atoms with E-state index in [0.29, 0.717) is 0 Å². The quantitative estimate of drug-likeness (QED) is 0.760. The molecule has 1 saturated heterocycles. The summed E-state index contributed by atoms with van der Waals surface area (Å²) in [6.45, 7) is 2.43. The molecule has 1 aromatic heterocycles. The van der Waals surface area contributed by atoms with Crippen LogP contribution in [0.3, 0.4) is 0 Å². The van der Waals surface area contributed by atoms with Crippen molar-refractivity contribution in [3.8, 4) is 0 Å². The van der Waals surface area contributed by atoms with E-state index in [4.69, 9.17) is 0 Å². The molecule has 0 atom stereocenters. The number of piperidine rings is 1. The Kier molecular flexibility index (Phi) is 4.49. The summed E-state index contributed by atoms with van der Waals surface area (Å²) in [5.74, 6) is 0. The molecular weight excluding hydrogens is 228 g/mol. The predicted molar refractivity (Wildman–Crippen MR) is 74.5 cm³/mol. The topological polar surface area (TPSA) is 7.12 Å². The van der Waals surface area contributed by atoms with Gasteiger partial charge in [-0.25, -0.2) is 4.57 Å². The van der Waals surface area contributed by atoms with Gasteiger partial charge >= 0.3 is 0 Å². The molecule has 2 rings (SSSR count). The Morgan fingerprint density at radius 3 is 2.47 bits per heavy atom. The number of hydrogen-bond donors (Lipinski definition) is 0.